The molecule has 0 unspecified atom stereocenters. The fourth-order valence-corrected chi connectivity index (χ4v) is 2.03. The molecule has 0 radical (unpaired) electrons. The van der Waals surface area contributed by atoms with Crippen molar-refractivity contribution in [3.8, 4) is 17.2 Å². The lowest BCUT2D eigenvalue weighted by Gasteiger charge is -2.12. The van der Waals surface area contributed by atoms with Crippen LogP contribution in [-0.4, -0.2) is 33.5 Å². The highest BCUT2D eigenvalue weighted by molar-refractivity contribution is 6.06. The third kappa shape index (κ3) is 3.79. The molecule has 0 bridgehead atoms. The monoisotopic (exact) mass is 315 g/mol. The molecule has 0 aliphatic heterocycles. The summed E-state index contributed by atoms with van der Waals surface area (Å²) in [6.45, 7) is 0. The fourth-order valence-electron chi connectivity index (χ4n) is 2.03. The van der Waals surface area contributed by atoms with E-state index in [1.54, 1.807) is 36.4 Å². The topological polar surface area (TPSA) is 73.9 Å². The van der Waals surface area contributed by atoms with E-state index in [4.69, 9.17) is 14.2 Å². The van der Waals surface area contributed by atoms with E-state index in [1.807, 2.05) is 0 Å². The average Bonchev–Trinajstić information content (AvgIpc) is 2.60. The van der Waals surface area contributed by atoms with E-state index in [1.165, 1.54) is 21.3 Å². The second kappa shape index (κ2) is 7.31. The maximum atomic E-state index is 12.5. The van der Waals surface area contributed by atoms with Crippen LogP contribution in [0.4, 0.5) is 5.69 Å². The van der Waals surface area contributed by atoms with Crippen molar-refractivity contribution in [2.75, 3.05) is 26.6 Å². The van der Waals surface area contributed by atoms with Crippen molar-refractivity contribution in [2.45, 2.75) is 0 Å². The Balaban J connectivity index is 2.33. The van der Waals surface area contributed by atoms with Crippen molar-refractivity contribution >= 4 is 17.9 Å². The summed E-state index contributed by atoms with van der Waals surface area (Å²) in [5, 5.41) is 2.72. The van der Waals surface area contributed by atoms with Crippen LogP contribution in [0, 0.1) is 0 Å². The van der Waals surface area contributed by atoms with Crippen molar-refractivity contribution in [3.05, 3.63) is 47.5 Å². The summed E-state index contributed by atoms with van der Waals surface area (Å²) in [4.78, 5) is 23.3. The first kappa shape index (κ1) is 16.4. The van der Waals surface area contributed by atoms with E-state index in [2.05, 4.69) is 5.32 Å². The lowest BCUT2D eigenvalue weighted by Crippen LogP contribution is -2.13. The average molecular weight is 315 g/mol. The SMILES string of the molecule is COc1cc(OC)cc(C(=O)Nc2cc(C=O)ccc2OC)c1. The first-order valence-corrected chi connectivity index (χ1v) is 6.79. The van der Waals surface area contributed by atoms with Crippen LogP contribution in [0.25, 0.3) is 0 Å². The van der Waals surface area contributed by atoms with Crippen LogP contribution in [-0.2, 0) is 0 Å². The molecule has 2 rings (SSSR count). The zero-order chi connectivity index (χ0) is 16.8. The van der Waals surface area contributed by atoms with Crippen LogP contribution in [0.2, 0.25) is 0 Å². The van der Waals surface area contributed by atoms with Crippen molar-refractivity contribution in [1.82, 2.24) is 0 Å². The molecule has 23 heavy (non-hydrogen) atoms. The molecule has 6 heteroatoms. The van der Waals surface area contributed by atoms with Gasteiger partial charge in [0.15, 0.2) is 0 Å². The van der Waals surface area contributed by atoms with Gasteiger partial charge in [0.05, 0.1) is 27.0 Å². The number of hydrogen-bond acceptors (Lipinski definition) is 5. The molecule has 0 aromatic heterocycles. The van der Waals surface area contributed by atoms with Crippen molar-refractivity contribution in [3.63, 3.8) is 0 Å². The lowest BCUT2D eigenvalue weighted by atomic mass is 10.1. The quantitative estimate of drug-likeness (QED) is 0.830. The van der Waals surface area contributed by atoms with Crippen LogP contribution >= 0.6 is 0 Å². The molecular weight excluding hydrogens is 298 g/mol. The Morgan fingerprint density at radius 3 is 2.13 bits per heavy atom. The summed E-state index contributed by atoms with van der Waals surface area (Å²) < 4.78 is 15.5. The Morgan fingerprint density at radius 2 is 1.61 bits per heavy atom. The number of aldehydes is 1. The molecule has 6 nitrogen and oxygen atoms in total. The molecule has 0 fully saturated rings. The van der Waals surface area contributed by atoms with Crippen LogP contribution in [0.3, 0.4) is 0 Å². The normalized spacial score (nSPS) is 9.87. The molecule has 2 aromatic carbocycles. The van der Waals surface area contributed by atoms with Gasteiger partial charge in [0.25, 0.3) is 5.91 Å². The first-order chi connectivity index (χ1) is 11.1. The van der Waals surface area contributed by atoms with Gasteiger partial charge in [-0.3, -0.25) is 9.59 Å². The summed E-state index contributed by atoms with van der Waals surface area (Å²) in [7, 11) is 4.50. The van der Waals surface area contributed by atoms with Gasteiger partial charge < -0.3 is 19.5 Å². The Kier molecular flexibility index (Phi) is 5.19. The number of anilines is 1. The third-order valence-electron chi connectivity index (χ3n) is 3.22. The van der Waals surface area contributed by atoms with E-state index < -0.39 is 0 Å². The highest BCUT2D eigenvalue weighted by atomic mass is 16.5. The molecule has 1 N–H and O–H groups in total. The van der Waals surface area contributed by atoms with Gasteiger partial charge in [0, 0.05) is 17.2 Å². The number of carbonyl (C=O) groups excluding carboxylic acids is 2. The summed E-state index contributed by atoms with van der Waals surface area (Å²) in [6, 6.07) is 9.62. The highest BCUT2D eigenvalue weighted by Gasteiger charge is 2.13. The molecule has 120 valence electrons. The number of methoxy groups -OCH3 is 3. The molecule has 0 saturated carbocycles. The number of rotatable bonds is 6. The molecule has 0 saturated heterocycles. The molecule has 0 aliphatic carbocycles. The highest BCUT2D eigenvalue weighted by Crippen LogP contribution is 2.27. The van der Waals surface area contributed by atoms with Gasteiger partial charge in [0.1, 0.15) is 23.5 Å². The van der Waals surface area contributed by atoms with Crippen LogP contribution in [0.1, 0.15) is 20.7 Å². The van der Waals surface area contributed by atoms with E-state index >= 15 is 0 Å². The zero-order valence-electron chi connectivity index (χ0n) is 13.1. The summed E-state index contributed by atoms with van der Waals surface area (Å²) in [5.74, 6) is 1.09. The predicted molar refractivity (Wildman–Crippen MR) is 85.9 cm³/mol. The number of nitrogens with one attached hydrogen (secondary N) is 1. The van der Waals surface area contributed by atoms with E-state index in [9.17, 15) is 9.59 Å². The van der Waals surface area contributed by atoms with Gasteiger partial charge in [-0.25, -0.2) is 0 Å². The number of benzene rings is 2. The smallest absolute Gasteiger partial charge is 0.256 e. The summed E-state index contributed by atoms with van der Waals surface area (Å²) in [6.07, 6.45) is 0.698. The first-order valence-electron chi connectivity index (χ1n) is 6.79. The standard InChI is InChI=1S/C17H17NO5/c1-21-13-7-12(8-14(9-13)22-2)17(20)18-15-6-11(10-19)4-5-16(15)23-3/h4-10H,1-3H3,(H,18,20). The summed E-state index contributed by atoms with van der Waals surface area (Å²) in [5.41, 5.74) is 1.20. The Bertz CT molecular complexity index is 705. The van der Waals surface area contributed by atoms with Gasteiger partial charge >= 0.3 is 0 Å². The largest absolute Gasteiger partial charge is 0.497 e. The number of hydrogen-bond donors (Lipinski definition) is 1. The van der Waals surface area contributed by atoms with Crippen molar-refractivity contribution in [2.24, 2.45) is 0 Å². The van der Waals surface area contributed by atoms with E-state index in [0.29, 0.717) is 40.3 Å². The lowest BCUT2D eigenvalue weighted by molar-refractivity contribution is 0.102. The van der Waals surface area contributed by atoms with Gasteiger partial charge in [-0.05, 0) is 30.3 Å². The van der Waals surface area contributed by atoms with Gasteiger partial charge in [-0.15, -0.1) is 0 Å². The third-order valence-corrected chi connectivity index (χ3v) is 3.22. The molecule has 2 aromatic rings. The maximum Gasteiger partial charge on any atom is 0.256 e. The molecule has 0 heterocycles. The van der Waals surface area contributed by atoms with Gasteiger partial charge in [0.2, 0.25) is 0 Å². The van der Waals surface area contributed by atoms with Crippen LogP contribution in [0.15, 0.2) is 36.4 Å². The molecule has 0 atom stereocenters. The van der Waals surface area contributed by atoms with E-state index in [-0.39, 0.29) is 5.91 Å². The second-order valence-electron chi connectivity index (χ2n) is 4.63. The maximum absolute atomic E-state index is 12.5. The molecule has 0 spiro atoms. The number of amides is 1. The van der Waals surface area contributed by atoms with Crippen molar-refractivity contribution < 1.29 is 23.8 Å². The Morgan fingerprint density at radius 1 is 0.957 bits per heavy atom. The number of carbonyl (C=O) groups is 2. The minimum absolute atomic E-state index is 0.361. The molecule has 1 amide bonds. The Hall–Kier alpha value is -3.02. The molecule has 0 aliphatic rings. The van der Waals surface area contributed by atoms with Crippen molar-refractivity contribution in [1.29, 1.82) is 0 Å². The van der Waals surface area contributed by atoms with Crippen LogP contribution < -0.4 is 19.5 Å². The fraction of sp³-hybridized carbons (Fsp3) is 0.176. The second-order valence-corrected chi connectivity index (χ2v) is 4.63. The van der Waals surface area contributed by atoms with Gasteiger partial charge in [-0.1, -0.05) is 0 Å². The Labute approximate surface area is 134 Å². The summed E-state index contributed by atoms with van der Waals surface area (Å²) >= 11 is 0. The van der Waals surface area contributed by atoms with Gasteiger partial charge in [-0.2, -0.15) is 0 Å². The molecular formula is C17H17NO5. The zero-order valence-corrected chi connectivity index (χ0v) is 13.1. The number of ether oxygens (including phenoxy) is 3. The predicted octanol–water partition coefficient (Wildman–Crippen LogP) is 2.78. The van der Waals surface area contributed by atoms with E-state index in [0.717, 1.165) is 0 Å². The van der Waals surface area contributed by atoms with Crippen LogP contribution in [0.5, 0.6) is 17.2 Å². The minimum Gasteiger partial charge on any atom is -0.497 e. The minimum atomic E-state index is -0.372.